The van der Waals surface area contributed by atoms with Gasteiger partial charge in [0.15, 0.2) is 0 Å². The van der Waals surface area contributed by atoms with E-state index in [-0.39, 0.29) is 64.9 Å². The highest BCUT2D eigenvalue weighted by Crippen LogP contribution is 2.33. The summed E-state index contributed by atoms with van der Waals surface area (Å²) in [7, 11) is 0. The molecule has 0 radical (unpaired) electrons. The highest BCUT2D eigenvalue weighted by Gasteiger charge is 2.42. The molecule has 9 amide bonds. The van der Waals surface area contributed by atoms with Crippen LogP contribution in [0.5, 0.6) is 0 Å². The van der Waals surface area contributed by atoms with Gasteiger partial charge in [0, 0.05) is 98.5 Å². The average Bonchev–Trinajstić information content (AvgIpc) is 4.07. The maximum Gasteiger partial charge on any atom is 0.315 e. The van der Waals surface area contributed by atoms with Crippen LogP contribution in [0.25, 0.3) is 0 Å². The van der Waals surface area contributed by atoms with E-state index in [2.05, 4.69) is 52.7 Å². The van der Waals surface area contributed by atoms with Gasteiger partial charge in [-0.3, -0.25) is 28.8 Å². The number of amides is 9. The average molecular weight is 1110 g/mol. The van der Waals surface area contributed by atoms with Crippen LogP contribution in [0.15, 0.2) is 18.2 Å². The Bertz CT molecular complexity index is 1900. The molecule has 11 N–H and O–H groups in total. The fraction of sp³-hybridized carbons (Fsp3) is 0.740. The lowest BCUT2D eigenvalue weighted by Crippen LogP contribution is -2.36. The Morgan fingerprint density at radius 1 is 0.592 bits per heavy atom. The van der Waals surface area contributed by atoms with Crippen LogP contribution in [-0.2, 0) is 47.6 Å². The first kappa shape index (κ1) is 64.0. The number of ether oxygens (including phenoxy) is 6. The van der Waals surface area contributed by atoms with E-state index >= 15 is 0 Å². The fourth-order valence-corrected chi connectivity index (χ4v) is 10.8. The van der Waals surface area contributed by atoms with Gasteiger partial charge >= 0.3 is 12.1 Å². The smallest absolute Gasteiger partial charge is 0.315 e. The molecular weight excluding hydrogens is 1030 g/mol. The monoisotopic (exact) mass is 1110 g/mol. The molecule has 5 unspecified atom stereocenters. The van der Waals surface area contributed by atoms with Gasteiger partial charge in [0.1, 0.15) is 6.61 Å². The lowest BCUT2D eigenvalue weighted by molar-refractivity contribution is -0.122. The Kier molecular flexibility index (Phi) is 33.5. The van der Waals surface area contributed by atoms with E-state index in [0.29, 0.717) is 143 Å². The predicted molar refractivity (Wildman–Crippen MR) is 289 cm³/mol. The van der Waals surface area contributed by atoms with Crippen LogP contribution in [0.1, 0.15) is 98.3 Å². The number of unbranched alkanes of at least 4 members (excludes halogenated alkanes) is 3. The van der Waals surface area contributed by atoms with Crippen LogP contribution in [0, 0.1) is 0 Å². The molecule has 5 atom stereocenters. The second-order valence-corrected chi connectivity index (χ2v) is 20.8. The standard InChI is InChI=1S/C50H84N10O14S2/c1-36-40(58-49(66)56-36)34-75-29-6-2-3-11-43(61)52-13-7-17-68-21-25-72-26-22-69-18-8-14-54-47(64)37-30-38(32-39(31-37)57-45(63)33-74-51)48(65)55-15-9-19-70-23-27-73-28-24-71-20-16-53-44(62)12-5-4-10-42-46-41(35-76-42)59-50(67)60-46/h30-32,36,40-42,46H,2-29,33-35,51H2,1H3,(H,52,61)(H,53,62)(H,54,64)(H,55,65)(H,57,63)(H2,56,58,66)(H2,59,60,67). The van der Waals surface area contributed by atoms with Gasteiger partial charge in [-0.25, -0.2) is 15.5 Å². The summed E-state index contributed by atoms with van der Waals surface area (Å²) in [6, 6.07) is 4.90. The number of benzene rings is 1. The van der Waals surface area contributed by atoms with Crippen LogP contribution in [0.2, 0.25) is 0 Å². The molecule has 3 fully saturated rings. The number of urea groups is 2. The minimum absolute atomic E-state index is 0.00136. The molecule has 4 rings (SSSR count). The van der Waals surface area contributed by atoms with Crippen LogP contribution in [-0.4, -0.2) is 200 Å². The van der Waals surface area contributed by atoms with E-state index in [1.165, 1.54) is 18.2 Å². The van der Waals surface area contributed by atoms with Crippen molar-refractivity contribution < 1.29 is 66.8 Å². The van der Waals surface area contributed by atoms with Gasteiger partial charge in [-0.2, -0.15) is 23.5 Å². The second-order valence-electron chi connectivity index (χ2n) is 18.4. The fourth-order valence-electron chi connectivity index (χ4n) is 8.10. The lowest BCUT2D eigenvalue weighted by atomic mass is 10.0. The number of hydrogen-bond donors (Lipinski definition) is 10. The summed E-state index contributed by atoms with van der Waals surface area (Å²) in [5.74, 6) is 6.49. The van der Waals surface area contributed by atoms with Crippen LogP contribution >= 0.6 is 23.5 Å². The van der Waals surface area contributed by atoms with Crippen LogP contribution < -0.4 is 53.7 Å². The topological polar surface area (TPSA) is 318 Å². The zero-order valence-electron chi connectivity index (χ0n) is 44.1. The molecule has 1 aromatic rings. The van der Waals surface area contributed by atoms with E-state index in [1.54, 1.807) is 0 Å². The summed E-state index contributed by atoms with van der Waals surface area (Å²) in [5, 5.41) is 26.1. The molecule has 0 aliphatic carbocycles. The number of carbonyl (C=O) groups excluding carboxylic acids is 7. The third kappa shape index (κ3) is 28.2. The second kappa shape index (κ2) is 39.8. The number of anilines is 1. The van der Waals surface area contributed by atoms with E-state index in [4.69, 9.17) is 34.3 Å². The highest BCUT2D eigenvalue weighted by atomic mass is 32.2. The number of thioether (sulfide) groups is 2. The van der Waals surface area contributed by atoms with Crippen molar-refractivity contribution in [1.29, 1.82) is 0 Å². The van der Waals surface area contributed by atoms with E-state index in [9.17, 15) is 33.6 Å². The van der Waals surface area contributed by atoms with Crippen LogP contribution in [0.3, 0.4) is 0 Å². The molecule has 0 bridgehead atoms. The van der Waals surface area contributed by atoms with Crippen molar-refractivity contribution >= 4 is 70.8 Å². The highest BCUT2D eigenvalue weighted by molar-refractivity contribution is 8.00. The molecule has 0 spiro atoms. The molecular formula is C50H84N10O14S2. The number of rotatable bonds is 45. The molecule has 3 saturated heterocycles. The molecule has 26 heteroatoms. The Morgan fingerprint density at radius 3 is 1.68 bits per heavy atom. The number of fused-ring (bicyclic) bond motifs is 1. The molecule has 3 heterocycles. The van der Waals surface area contributed by atoms with Crippen LogP contribution in [0.4, 0.5) is 15.3 Å². The molecule has 0 saturated carbocycles. The molecule has 76 heavy (non-hydrogen) atoms. The SMILES string of the molecule is CC1NC(=O)NC1CSCCCCCC(=O)NCCCOCCOCCOCCCNC(=O)c1cc(NC(=O)CON)cc(C(=O)NCCCOCCOCCOCCNC(=O)CCCCC2SCC3NC(=O)NC32)c1. The number of hydrogen-bond acceptors (Lipinski definition) is 17. The third-order valence-corrected chi connectivity index (χ3v) is 14.8. The molecule has 430 valence electrons. The van der Waals surface area contributed by atoms with E-state index in [0.717, 1.165) is 55.8 Å². The Labute approximate surface area is 455 Å². The summed E-state index contributed by atoms with van der Waals surface area (Å²) in [4.78, 5) is 89.9. The van der Waals surface area contributed by atoms with E-state index < -0.39 is 24.3 Å². The van der Waals surface area contributed by atoms with Crippen molar-refractivity contribution in [1.82, 2.24) is 42.5 Å². The third-order valence-electron chi connectivity index (χ3n) is 12.2. The van der Waals surface area contributed by atoms with Gasteiger partial charge in [-0.05, 0) is 75.8 Å². The zero-order chi connectivity index (χ0) is 54.4. The number of nitrogens with two attached hydrogens (primary N) is 1. The Balaban J connectivity index is 0.920. The first-order chi connectivity index (χ1) is 37.0. The number of nitrogens with one attached hydrogen (secondary N) is 9. The zero-order valence-corrected chi connectivity index (χ0v) is 45.8. The van der Waals surface area contributed by atoms with Crippen molar-refractivity contribution in [2.24, 2.45) is 5.90 Å². The molecule has 3 aliphatic rings. The van der Waals surface area contributed by atoms with Crippen molar-refractivity contribution in [3.8, 4) is 0 Å². The summed E-state index contributed by atoms with van der Waals surface area (Å²) in [6.07, 6.45) is 8.35. The minimum atomic E-state index is -0.560. The predicted octanol–water partition coefficient (Wildman–Crippen LogP) is 1.57. The minimum Gasteiger partial charge on any atom is -0.379 e. The largest absolute Gasteiger partial charge is 0.379 e. The molecule has 24 nitrogen and oxygen atoms in total. The van der Waals surface area contributed by atoms with Crippen molar-refractivity contribution in [2.75, 3.05) is 135 Å². The lowest BCUT2D eigenvalue weighted by Gasteiger charge is -2.16. The number of carbonyl (C=O) groups is 7. The van der Waals surface area contributed by atoms with Gasteiger partial charge in [-0.15, -0.1) is 0 Å². The van der Waals surface area contributed by atoms with Crippen molar-refractivity contribution in [3.05, 3.63) is 29.3 Å². The molecule has 3 aliphatic heterocycles. The van der Waals surface area contributed by atoms with Gasteiger partial charge in [-0.1, -0.05) is 12.8 Å². The van der Waals surface area contributed by atoms with Gasteiger partial charge < -0.3 is 76.3 Å². The Morgan fingerprint density at radius 2 is 1.12 bits per heavy atom. The van der Waals surface area contributed by atoms with Gasteiger partial charge in [0.05, 0.1) is 77.6 Å². The summed E-state index contributed by atoms with van der Waals surface area (Å²) >= 11 is 3.71. The molecule has 0 aromatic heterocycles. The maximum absolute atomic E-state index is 13.1. The Hall–Kier alpha value is -4.51. The summed E-state index contributed by atoms with van der Waals surface area (Å²) < 4.78 is 33.5. The summed E-state index contributed by atoms with van der Waals surface area (Å²) in [5.41, 5.74) is 0.560. The van der Waals surface area contributed by atoms with Crippen molar-refractivity contribution in [2.45, 2.75) is 107 Å². The maximum atomic E-state index is 13.1. The van der Waals surface area contributed by atoms with Gasteiger partial charge in [0.25, 0.3) is 17.7 Å². The molecule has 1 aromatic carbocycles. The van der Waals surface area contributed by atoms with Gasteiger partial charge in [0.2, 0.25) is 11.8 Å². The first-order valence-corrected chi connectivity index (χ1v) is 28.9. The normalized spacial score (nSPS) is 18.5. The van der Waals surface area contributed by atoms with E-state index in [1.807, 2.05) is 30.4 Å². The first-order valence-electron chi connectivity index (χ1n) is 26.7. The van der Waals surface area contributed by atoms with Crippen molar-refractivity contribution in [3.63, 3.8) is 0 Å². The quantitative estimate of drug-likeness (QED) is 0.0252. The summed E-state index contributed by atoms with van der Waals surface area (Å²) in [6.45, 7) is 7.93.